The van der Waals surface area contributed by atoms with Gasteiger partial charge in [-0.2, -0.15) is 10.4 Å². The van der Waals surface area contributed by atoms with Crippen LogP contribution in [0.2, 0.25) is 0 Å². The molecule has 166 valence electrons. The summed E-state index contributed by atoms with van der Waals surface area (Å²) < 4.78 is 2.22. The monoisotopic (exact) mass is 443 g/mol. The Morgan fingerprint density at radius 1 is 0.969 bits per heavy atom. The van der Waals surface area contributed by atoms with Gasteiger partial charge in [-0.05, 0) is 42.2 Å². The average Bonchev–Trinajstić information content (AvgIpc) is 3.21. The zero-order chi connectivity index (χ0) is 22.3. The minimum absolute atomic E-state index is 0.433. The molecule has 4 heteroatoms. The highest BCUT2D eigenvalue weighted by Gasteiger charge is 2.25. The zero-order valence-corrected chi connectivity index (χ0v) is 20.1. The van der Waals surface area contributed by atoms with Crippen LogP contribution in [-0.2, 0) is 13.0 Å². The summed E-state index contributed by atoms with van der Waals surface area (Å²) in [7, 11) is 0. The van der Waals surface area contributed by atoms with Crippen LogP contribution in [0, 0.1) is 23.2 Å². The third kappa shape index (κ3) is 5.10. The zero-order valence-electron chi connectivity index (χ0n) is 19.3. The Hall–Kier alpha value is -2.51. The van der Waals surface area contributed by atoms with Crippen molar-refractivity contribution in [1.82, 2.24) is 9.78 Å². The van der Waals surface area contributed by atoms with Gasteiger partial charge in [-0.25, -0.2) is 0 Å². The second-order valence-electron chi connectivity index (χ2n) is 8.87. The quantitative estimate of drug-likeness (QED) is 0.336. The van der Waals surface area contributed by atoms with E-state index in [0.29, 0.717) is 11.7 Å². The molecular weight excluding hydrogens is 410 g/mol. The lowest BCUT2D eigenvalue weighted by molar-refractivity contribution is 0.238. The summed E-state index contributed by atoms with van der Waals surface area (Å²) in [5.74, 6) is 1.99. The van der Waals surface area contributed by atoms with Gasteiger partial charge >= 0.3 is 0 Å². The van der Waals surface area contributed by atoms with E-state index in [2.05, 4.69) is 79.2 Å². The molecule has 1 heterocycles. The normalized spacial score (nSPS) is 18.4. The van der Waals surface area contributed by atoms with Gasteiger partial charge in [0, 0.05) is 17.7 Å². The number of rotatable bonds is 8. The number of aromatic nitrogens is 2. The Balaban J connectivity index is 1.79. The molecule has 0 spiro atoms. The first kappa shape index (κ1) is 22.7. The SMILES string of the molecule is CCc1cccc(-c2c(-c3ccccc3)nn(CC3CCC(CC)CC3)c2SCC#N)c1. The molecule has 1 aromatic heterocycles. The Morgan fingerprint density at radius 2 is 1.69 bits per heavy atom. The predicted octanol–water partition coefficient (Wildman–Crippen LogP) is 7.61. The van der Waals surface area contributed by atoms with Crippen molar-refractivity contribution in [3.63, 3.8) is 0 Å². The number of hydrogen-bond donors (Lipinski definition) is 0. The fourth-order valence-corrected chi connectivity index (χ4v) is 5.71. The second kappa shape index (κ2) is 10.9. The first-order chi connectivity index (χ1) is 15.7. The molecule has 2 aromatic carbocycles. The van der Waals surface area contributed by atoms with Gasteiger partial charge in [-0.3, -0.25) is 4.68 Å². The van der Waals surface area contributed by atoms with Crippen molar-refractivity contribution in [3.05, 3.63) is 60.2 Å². The summed E-state index contributed by atoms with van der Waals surface area (Å²) in [6, 6.07) is 21.6. The second-order valence-corrected chi connectivity index (χ2v) is 9.84. The Bertz CT molecular complexity index is 1060. The Morgan fingerprint density at radius 3 is 2.38 bits per heavy atom. The van der Waals surface area contributed by atoms with E-state index in [1.807, 2.05) is 0 Å². The van der Waals surface area contributed by atoms with Gasteiger partial charge in [-0.15, -0.1) is 0 Å². The van der Waals surface area contributed by atoms with Crippen molar-refractivity contribution in [3.8, 4) is 28.5 Å². The molecule has 0 saturated heterocycles. The molecule has 32 heavy (non-hydrogen) atoms. The number of benzene rings is 2. The summed E-state index contributed by atoms with van der Waals surface area (Å²) >= 11 is 1.63. The summed E-state index contributed by atoms with van der Waals surface area (Å²) in [6.07, 6.45) is 7.53. The van der Waals surface area contributed by atoms with Crippen LogP contribution < -0.4 is 0 Å². The standard InChI is InChI=1S/C28H33N3S/c1-3-21-13-15-23(16-14-21)20-31-28(32-18-17-29)26(25-12-8-9-22(4-2)19-25)27(30-31)24-10-6-5-7-11-24/h5-12,19,21,23H,3-4,13-16,18,20H2,1-2H3. The topological polar surface area (TPSA) is 41.6 Å². The molecule has 1 fully saturated rings. The largest absolute Gasteiger partial charge is 0.257 e. The molecule has 0 bridgehead atoms. The van der Waals surface area contributed by atoms with Crippen molar-refractivity contribution < 1.29 is 0 Å². The molecule has 0 unspecified atom stereocenters. The molecule has 1 aliphatic rings. The van der Waals surface area contributed by atoms with Gasteiger partial charge in [0.05, 0.1) is 11.8 Å². The van der Waals surface area contributed by atoms with Crippen LogP contribution in [0.25, 0.3) is 22.4 Å². The van der Waals surface area contributed by atoms with Gasteiger partial charge in [0.2, 0.25) is 0 Å². The molecule has 0 aliphatic heterocycles. The highest BCUT2D eigenvalue weighted by atomic mass is 32.2. The highest BCUT2D eigenvalue weighted by molar-refractivity contribution is 7.99. The molecule has 1 saturated carbocycles. The van der Waals surface area contributed by atoms with Gasteiger partial charge in [0.15, 0.2) is 0 Å². The number of aryl methyl sites for hydroxylation is 1. The van der Waals surface area contributed by atoms with E-state index in [0.717, 1.165) is 35.2 Å². The van der Waals surface area contributed by atoms with E-state index in [4.69, 9.17) is 5.10 Å². The van der Waals surface area contributed by atoms with Crippen LogP contribution in [0.1, 0.15) is 51.5 Å². The average molecular weight is 444 g/mol. The minimum Gasteiger partial charge on any atom is -0.257 e. The van der Waals surface area contributed by atoms with Crippen LogP contribution in [-0.4, -0.2) is 15.5 Å². The van der Waals surface area contributed by atoms with E-state index >= 15 is 0 Å². The Kier molecular flexibility index (Phi) is 7.71. The summed E-state index contributed by atoms with van der Waals surface area (Å²) in [4.78, 5) is 0. The van der Waals surface area contributed by atoms with Crippen LogP contribution >= 0.6 is 11.8 Å². The molecule has 3 aromatic rings. The van der Waals surface area contributed by atoms with E-state index in [9.17, 15) is 5.26 Å². The first-order valence-electron chi connectivity index (χ1n) is 12.0. The van der Waals surface area contributed by atoms with Gasteiger partial charge in [0.25, 0.3) is 0 Å². The molecular formula is C28H33N3S. The fraction of sp³-hybridized carbons (Fsp3) is 0.429. The highest BCUT2D eigenvalue weighted by Crippen LogP contribution is 2.41. The smallest absolute Gasteiger partial charge is 0.103 e. The lowest BCUT2D eigenvalue weighted by Gasteiger charge is -2.28. The number of nitriles is 1. The maximum atomic E-state index is 9.36. The number of nitrogens with zero attached hydrogens (tertiary/aromatic N) is 3. The first-order valence-corrected chi connectivity index (χ1v) is 13.0. The lowest BCUT2D eigenvalue weighted by Crippen LogP contribution is -2.19. The molecule has 0 radical (unpaired) electrons. The van der Waals surface area contributed by atoms with Crippen LogP contribution in [0.4, 0.5) is 0 Å². The maximum absolute atomic E-state index is 9.36. The summed E-state index contributed by atoms with van der Waals surface area (Å²) in [5.41, 5.74) is 5.86. The van der Waals surface area contributed by atoms with Crippen molar-refractivity contribution in [2.75, 3.05) is 5.75 Å². The Labute approximate surface area is 196 Å². The van der Waals surface area contributed by atoms with E-state index in [1.54, 1.807) is 11.8 Å². The van der Waals surface area contributed by atoms with Gasteiger partial charge in [0.1, 0.15) is 10.7 Å². The van der Waals surface area contributed by atoms with Gasteiger partial charge in [-0.1, -0.05) is 99.5 Å². The van der Waals surface area contributed by atoms with E-state index in [-0.39, 0.29) is 0 Å². The third-order valence-corrected chi connectivity index (χ3v) is 7.79. The van der Waals surface area contributed by atoms with Crippen LogP contribution in [0.5, 0.6) is 0 Å². The van der Waals surface area contributed by atoms with Crippen LogP contribution in [0.3, 0.4) is 0 Å². The van der Waals surface area contributed by atoms with Crippen LogP contribution in [0.15, 0.2) is 59.6 Å². The van der Waals surface area contributed by atoms with E-state index in [1.165, 1.54) is 48.8 Å². The summed E-state index contributed by atoms with van der Waals surface area (Å²) in [5, 5.41) is 15.7. The molecule has 0 amide bonds. The molecule has 0 atom stereocenters. The lowest BCUT2D eigenvalue weighted by atomic mass is 9.81. The fourth-order valence-electron chi connectivity index (χ4n) is 4.89. The number of hydrogen-bond acceptors (Lipinski definition) is 3. The van der Waals surface area contributed by atoms with Crippen molar-refractivity contribution >= 4 is 11.8 Å². The maximum Gasteiger partial charge on any atom is 0.103 e. The predicted molar refractivity (Wildman–Crippen MR) is 135 cm³/mol. The van der Waals surface area contributed by atoms with E-state index < -0.39 is 0 Å². The molecule has 1 aliphatic carbocycles. The minimum atomic E-state index is 0.433. The summed E-state index contributed by atoms with van der Waals surface area (Å²) in [6.45, 7) is 5.45. The van der Waals surface area contributed by atoms with Crippen molar-refractivity contribution in [2.24, 2.45) is 11.8 Å². The van der Waals surface area contributed by atoms with Gasteiger partial charge < -0.3 is 0 Å². The molecule has 0 N–H and O–H groups in total. The van der Waals surface area contributed by atoms with Crippen molar-refractivity contribution in [2.45, 2.75) is 63.9 Å². The third-order valence-electron chi connectivity index (χ3n) is 6.83. The molecule has 3 nitrogen and oxygen atoms in total. The number of thioether (sulfide) groups is 1. The molecule has 4 rings (SSSR count). The van der Waals surface area contributed by atoms with Crippen molar-refractivity contribution in [1.29, 1.82) is 5.26 Å².